The average Bonchev–Trinajstić information content (AvgIpc) is 3.43. The first kappa shape index (κ1) is 19.0. The molecule has 136 valence electrons. The van der Waals surface area contributed by atoms with E-state index in [0.29, 0.717) is 18.0 Å². The number of benzene rings is 1. The Labute approximate surface area is 148 Å². The van der Waals surface area contributed by atoms with Crippen molar-refractivity contribution in [2.24, 2.45) is 5.92 Å². The van der Waals surface area contributed by atoms with Crippen molar-refractivity contribution >= 4 is 17.8 Å². The molecule has 1 aliphatic rings. The van der Waals surface area contributed by atoms with Gasteiger partial charge in [0, 0.05) is 18.7 Å². The highest BCUT2D eigenvalue weighted by Crippen LogP contribution is 2.29. The summed E-state index contributed by atoms with van der Waals surface area (Å²) in [7, 11) is 0. The highest BCUT2D eigenvalue weighted by atomic mass is 16.5. The molecular formula is C19H26N2O4. The number of nitrogens with one attached hydrogen (secondary N) is 1. The zero-order valence-electron chi connectivity index (χ0n) is 14.9. The maximum Gasteiger partial charge on any atom is 0.328 e. The average molecular weight is 346 g/mol. The third kappa shape index (κ3) is 6.21. The second-order valence-electron chi connectivity index (χ2n) is 6.45. The highest BCUT2D eigenvalue weighted by molar-refractivity contribution is 5.96. The van der Waals surface area contributed by atoms with Crippen LogP contribution in [0.4, 0.5) is 0 Å². The lowest BCUT2D eigenvalue weighted by molar-refractivity contribution is -0.153. The third-order valence-electron chi connectivity index (χ3n) is 4.10. The summed E-state index contributed by atoms with van der Waals surface area (Å²) in [6, 6.07) is 7.82. The van der Waals surface area contributed by atoms with E-state index in [-0.39, 0.29) is 18.4 Å². The predicted molar refractivity (Wildman–Crippen MR) is 93.9 cm³/mol. The van der Waals surface area contributed by atoms with Crippen LogP contribution in [0.2, 0.25) is 0 Å². The Morgan fingerprint density at radius 1 is 1.24 bits per heavy atom. The van der Waals surface area contributed by atoms with Crippen LogP contribution in [0, 0.1) is 5.92 Å². The molecule has 25 heavy (non-hydrogen) atoms. The number of carbonyl (C=O) groups is 3. The lowest BCUT2D eigenvalue weighted by Crippen LogP contribution is -2.42. The van der Waals surface area contributed by atoms with E-state index in [9.17, 15) is 14.4 Å². The number of hydrogen-bond donors (Lipinski definition) is 1. The van der Waals surface area contributed by atoms with Gasteiger partial charge in [0.25, 0.3) is 11.8 Å². The van der Waals surface area contributed by atoms with E-state index in [1.807, 2.05) is 13.0 Å². The Balaban J connectivity index is 1.77. The van der Waals surface area contributed by atoms with Gasteiger partial charge in [0.15, 0.2) is 6.61 Å². The van der Waals surface area contributed by atoms with Crippen LogP contribution in [-0.2, 0) is 14.3 Å². The molecule has 0 radical (unpaired) electrons. The lowest BCUT2D eigenvalue weighted by Gasteiger charge is -2.22. The van der Waals surface area contributed by atoms with Gasteiger partial charge in [-0.15, -0.1) is 0 Å². The van der Waals surface area contributed by atoms with Gasteiger partial charge in [0.05, 0.1) is 0 Å². The molecule has 1 N–H and O–H groups in total. The predicted octanol–water partition coefficient (Wildman–Crippen LogP) is 2.00. The van der Waals surface area contributed by atoms with Crippen molar-refractivity contribution in [1.29, 1.82) is 0 Å². The van der Waals surface area contributed by atoms with E-state index < -0.39 is 12.0 Å². The fourth-order valence-electron chi connectivity index (χ4n) is 2.48. The summed E-state index contributed by atoms with van der Waals surface area (Å²) in [5.41, 5.74) is 0.469. The number of rotatable bonds is 9. The zero-order chi connectivity index (χ0) is 18.2. The summed E-state index contributed by atoms with van der Waals surface area (Å²) in [4.78, 5) is 38.0. The lowest BCUT2D eigenvalue weighted by atomic mass is 10.2. The van der Waals surface area contributed by atoms with Crippen LogP contribution in [-0.4, -0.2) is 48.4 Å². The van der Waals surface area contributed by atoms with Crippen LogP contribution in [0.25, 0.3) is 0 Å². The van der Waals surface area contributed by atoms with Crippen molar-refractivity contribution in [3.8, 4) is 0 Å². The van der Waals surface area contributed by atoms with Crippen molar-refractivity contribution in [2.75, 3.05) is 19.7 Å². The van der Waals surface area contributed by atoms with E-state index in [1.54, 1.807) is 36.1 Å². The van der Waals surface area contributed by atoms with Crippen LogP contribution in [0.3, 0.4) is 0 Å². The van der Waals surface area contributed by atoms with Crippen molar-refractivity contribution < 1.29 is 19.1 Å². The Hall–Kier alpha value is -2.37. The Morgan fingerprint density at radius 3 is 2.52 bits per heavy atom. The SMILES string of the molecule is CCCN(CC1CC1)C(=O)COC(=O)C(C)NC(=O)c1ccccc1. The minimum atomic E-state index is -0.816. The monoisotopic (exact) mass is 346 g/mol. The smallest absolute Gasteiger partial charge is 0.328 e. The molecule has 0 bridgehead atoms. The molecule has 1 atom stereocenters. The number of amides is 2. The molecule has 0 heterocycles. The van der Waals surface area contributed by atoms with Crippen molar-refractivity contribution in [1.82, 2.24) is 10.2 Å². The molecular weight excluding hydrogens is 320 g/mol. The molecule has 0 aromatic heterocycles. The second kappa shape index (κ2) is 9.20. The first-order chi connectivity index (χ1) is 12.0. The maximum absolute atomic E-state index is 12.2. The quantitative estimate of drug-likeness (QED) is 0.694. The zero-order valence-corrected chi connectivity index (χ0v) is 14.9. The number of carbonyl (C=O) groups excluding carboxylic acids is 3. The normalized spacial score (nSPS) is 14.5. The van der Waals surface area contributed by atoms with Crippen molar-refractivity contribution in [3.63, 3.8) is 0 Å². The largest absolute Gasteiger partial charge is 0.454 e. The van der Waals surface area contributed by atoms with Crippen LogP contribution in [0.5, 0.6) is 0 Å². The van der Waals surface area contributed by atoms with E-state index in [2.05, 4.69) is 5.32 Å². The topological polar surface area (TPSA) is 75.7 Å². The Morgan fingerprint density at radius 2 is 1.92 bits per heavy atom. The number of ether oxygens (including phenoxy) is 1. The molecule has 6 heteroatoms. The number of hydrogen-bond acceptors (Lipinski definition) is 4. The highest BCUT2D eigenvalue weighted by Gasteiger charge is 2.27. The molecule has 1 aliphatic carbocycles. The molecule has 1 saturated carbocycles. The molecule has 1 fully saturated rings. The molecule has 6 nitrogen and oxygen atoms in total. The molecule has 1 aromatic rings. The van der Waals surface area contributed by atoms with Gasteiger partial charge in [-0.1, -0.05) is 25.1 Å². The van der Waals surface area contributed by atoms with Gasteiger partial charge in [-0.2, -0.15) is 0 Å². The van der Waals surface area contributed by atoms with Gasteiger partial charge >= 0.3 is 5.97 Å². The van der Waals surface area contributed by atoms with Gasteiger partial charge < -0.3 is 15.0 Å². The van der Waals surface area contributed by atoms with Gasteiger partial charge in [-0.25, -0.2) is 4.79 Å². The minimum absolute atomic E-state index is 0.177. The van der Waals surface area contributed by atoms with Gasteiger partial charge in [0.2, 0.25) is 0 Å². The van der Waals surface area contributed by atoms with E-state index in [4.69, 9.17) is 4.74 Å². The van der Waals surface area contributed by atoms with Gasteiger partial charge in [-0.3, -0.25) is 9.59 Å². The van der Waals surface area contributed by atoms with E-state index in [0.717, 1.165) is 25.8 Å². The Kier molecular flexibility index (Phi) is 6.98. The first-order valence-electron chi connectivity index (χ1n) is 8.81. The standard InChI is InChI=1S/C19H26N2O4/c1-3-11-21(12-15-9-10-15)17(22)13-25-19(24)14(2)20-18(23)16-7-5-4-6-8-16/h4-8,14-15H,3,9-13H2,1-2H3,(H,20,23). The summed E-state index contributed by atoms with van der Waals surface area (Å²) in [5, 5.41) is 2.58. The van der Waals surface area contributed by atoms with E-state index in [1.165, 1.54) is 0 Å². The molecule has 1 aromatic carbocycles. The summed E-state index contributed by atoms with van der Waals surface area (Å²) in [5.74, 6) is -0.544. The third-order valence-corrected chi connectivity index (χ3v) is 4.10. The van der Waals surface area contributed by atoms with Crippen LogP contribution in [0.15, 0.2) is 30.3 Å². The van der Waals surface area contributed by atoms with Crippen molar-refractivity contribution in [2.45, 2.75) is 39.2 Å². The summed E-state index contributed by atoms with van der Waals surface area (Å²) < 4.78 is 5.09. The van der Waals surface area contributed by atoms with Crippen molar-refractivity contribution in [3.05, 3.63) is 35.9 Å². The van der Waals surface area contributed by atoms with E-state index >= 15 is 0 Å². The second-order valence-corrected chi connectivity index (χ2v) is 6.45. The molecule has 0 spiro atoms. The summed E-state index contributed by atoms with van der Waals surface area (Å²) in [6.45, 7) is 4.69. The number of esters is 1. The van der Waals surface area contributed by atoms with Crippen LogP contribution < -0.4 is 5.32 Å². The molecule has 0 aliphatic heterocycles. The molecule has 1 unspecified atom stereocenters. The Bertz CT molecular complexity index is 599. The fraction of sp³-hybridized carbons (Fsp3) is 0.526. The fourth-order valence-corrected chi connectivity index (χ4v) is 2.48. The minimum Gasteiger partial charge on any atom is -0.454 e. The van der Waals surface area contributed by atoms with Gasteiger partial charge in [-0.05, 0) is 44.2 Å². The molecule has 2 rings (SSSR count). The molecule has 2 amide bonds. The maximum atomic E-state index is 12.2. The number of nitrogens with zero attached hydrogens (tertiary/aromatic N) is 1. The van der Waals surface area contributed by atoms with Crippen LogP contribution in [0.1, 0.15) is 43.5 Å². The summed E-state index contributed by atoms with van der Waals surface area (Å²) in [6.07, 6.45) is 3.20. The molecule has 0 saturated heterocycles. The summed E-state index contributed by atoms with van der Waals surface area (Å²) >= 11 is 0. The van der Waals surface area contributed by atoms with Gasteiger partial charge in [0.1, 0.15) is 6.04 Å². The van der Waals surface area contributed by atoms with Crippen LogP contribution >= 0.6 is 0 Å². The first-order valence-corrected chi connectivity index (χ1v) is 8.81.